The van der Waals surface area contributed by atoms with Gasteiger partial charge in [-0.2, -0.15) is 4.98 Å². The maximum atomic E-state index is 12.7. The number of benzene rings is 1. The van der Waals surface area contributed by atoms with Crippen molar-refractivity contribution in [2.45, 2.75) is 6.54 Å². The predicted molar refractivity (Wildman–Crippen MR) is 122 cm³/mol. The molecular formula is C20H22Cl2N6O4. The fourth-order valence-electron chi connectivity index (χ4n) is 3.79. The van der Waals surface area contributed by atoms with E-state index in [0.29, 0.717) is 59.9 Å². The average molecular weight is 481 g/mol. The van der Waals surface area contributed by atoms with Crippen molar-refractivity contribution in [1.82, 2.24) is 24.0 Å². The van der Waals surface area contributed by atoms with E-state index >= 15 is 0 Å². The topological polar surface area (TPSA) is 105 Å². The zero-order valence-corrected chi connectivity index (χ0v) is 19.1. The summed E-state index contributed by atoms with van der Waals surface area (Å²) in [6.07, 6.45) is 0. The van der Waals surface area contributed by atoms with Crippen molar-refractivity contribution in [3.8, 4) is 0 Å². The second kappa shape index (κ2) is 8.97. The van der Waals surface area contributed by atoms with Crippen LogP contribution in [0.4, 0.5) is 5.95 Å². The minimum Gasteiger partial charge on any atom is -0.468 e. The van der Waals surface area contributed by atoms with E-state index in [9.17, 15) is 14.4 Å². The van der Waals surface area contributed by atoms with Crippen LogP contribution in [-0.2, 0) is 23.1 Å². The summed E-state index contributed by atoms with van der Waals surface area (Å²) >= 11 is 12.2. The van der Waals surface area contributed by atoms with E-state index in [1.54, 1.807) is 23.7 Å². The maximum Gasteiger partial charge on any atom is 0.329 e. The van der Waals surface area contributed by atoms with Gasteiger partial charge in [0.25, 0.3) is 5.56 Å². The van der Waals surface area contributed by atoms with Crippen LogP contribution in [0.1, 0.15) is 5.56 Å². The number of rotatable bonds is 5. The number of esters is 1. The first-order chi connectivity index (χ1) is 15.3. The van der Waals surface area contributed by atoms with Gasteiger partial charge >= 0.3 is 11.7 Å². The van der Waals surface area contributed by atoms with Crippen LogP contribution in [0.2, 0.25) is 10.0 Å². The fraction of sp³-hybridized carbons (Fsp3) is 0.400. The third-order valence-electron chi connectivity index (χ3n) is 5.55. The second-order valence-electron chi connectivity index (χ2n) is 7.58. The highest BCUT2D eigenvalue weighted by Crippen LogP contribution is 2.26. The number of ether oxygens (including phenoxy) is 1. The largest absolute Gasteiger partial charge is 0.468 e. The van der Waals surface area contributed by atoms with E-state index in [4.69, 9.17) is 27.9 Å². The Kier molecular flexibility index (Phi) is 6.27. The lowest BCUT2D eigenvalue weighted by atomic mass is 10.2. The van der Waals surface area contributed by atoms with Gasteiger partial charge in [0.2, 0.25) is 5.95 Å². The zero-order valence-electron chi connectivity index (χ0n) is 17.6. The molecule has 2 aromatic heterocycles. The van der Waals surface area contributed by atoms with E-state index in [1.165, 1.54) is 11.7 Å². The van der Waals surface area contributed by atoms with E-state index in [0.717, 1.165) is 5.56 Å². The van der Waals surface area contributed by atoms with Crippen molar-refractivity contribution in [3.63, 3.8) is 0 Å². The lowest BCUT2D eigenvalue weighted by Gasteiger charge is -2.34. The van der Waals surface area contributed by atoms with Gasteiger partial charge in [0, 0.05) is 33.2 Å². The maximum absolute atomic E-state index is 12.7. The zero-order chi connectivity index (χ0) is 23.0. The molecule has 0 radical (unpaired) electrons. The Bertz CT molecular complexity index is 1290. The smallest absolute Gasteiger partial charge is 0.329 e. The molecule has 1 fully saturated rings. The molecule has 170 valence electrons. The Morgan fingerprint density at radius 3 is 2.53 bits per heavy atom. The summed E-state index contributed by atoms with van der Waals surface area (Å²) in [5, 5.41) is 0.848. The number of imidazole rings is 1. The highest BCUT2D eigenvalue weighted by atomic mass is 35.5. The van der Waals surface area contributed by atoms with Gasteiger partial charge in [-0.3, -0.25) is 28.6 Å². The Hall–Kier alpha value is -2.82. The number of aromatic amines is 1. The molecule has 1 aliphatic rings. The van der Waals surface area contributed by atoms with Crippen LogP contribution in [0, 0.1) is 0 Å². The van der Waals surface area contributed by atoms with Gasteiger partial charge in [-0.1, -0.05) is 29.3 Å². The highest BCUT2D eigenvalue weighted by Gasteiger charge is 2.26. The van der Waals surface area contributed by atoms with E-state index in [1.807, 2.05) is 15.9 Å². The number of hydrogen-bond acceptors (Lipinski definition) is 7. The third kappa shape index (κ3) is 4.25. The van der Waals surface area contributed by atoms with Crippen LogP contribution in [0.25, 0.3) is 11.2 Å². The standard InChI is InChI=1S/C20H22Cl2N6O4/c1-25-17-16(18(30)24-20(25)31)28(10-12-3-4-13(21)14(22)9-12)19(23-17)27-7-5-26(6-8-27)11-15(29)32-2/h3-4,9H,5-8,10-11H2,1-2H3,(H,24,30,31). The molecule has 32 heavy (non-hydrogen) atoms. The Morgan fingerprint density at radius 1 is 1.16 bits per heavy atom. The molecule has 1 saturated heterocycles. The molecule has 12 heteroatoms. The molecule has 0 aliphatic carbocycles. The third-order valence-corrected chi connectivity index (χ3v) is 6.29. The molecule has 1 aliphatic heterocycles. The van der Waals surface area contributed by atoms with Gasteiger partial charge in [0.05, 0.1) is 30.2 Å². The number of aromatic nitrogens is 4. The number of halogens is 2. The molecule has 4 rings (SSSR count). The summed E-state index contributed by atoms with van der Waals surface area (Å²) < 4.78 is 7.84. The lowest BCUT2D eigenvalue weighted by molar-refractivity contribution is -0.142. The molecule has 10 nitrogen and oxygen atoms in total. The lowest BCUT2D eigenvalue weighted by Crippen LogP contribution is -2.48. The van der Waals surface area contributed by atoms with Gasteiger partial charge in [-0.05, 0) is 17.7 Å². The fourth-order valence-corrected chi connectivity index (χ4v) is 4.11. The van der Waals surface area contributed by atoms with Gasteiger partial charge in [-0.15, -0.1) is 0 Å². The summed E-state index contributed by atoms with van der Waals surface area (Å²) in [6, 6.07) is 5.27. The first-order valence-electron chi connectivity index (χ1n) is 9.96. The number of nitrogens with one attached hydrogen (secondary N) is 1. The molecular weight excluding hydrogens is 459 g/mol. The van der Waals surface area contributed by atoms with Crippen molar-refractivity contribution in [1.29, 1.82) is 0 Å². The molecule has 0 unspecified atom stereocenters. The summed E-state index contributed by atoms with van der Waals surface area (Å²) in [4.78, 5) is 47.5. The average Bonchev–Trinajstić information content (AvgIpc) is 3.15. The second-order valence-corrected chi connectivity index (χ2v) is 8.39. The summed E-state index contributed by atoms with van der Waals surface area (Å²) in [5.74, 6) is 0.280. The number of piperazine rings is 1. The Morgan fingerprint density at radius 2 is 1.88 bits per heavy atom. The van der Waals surface area contributed by atoms with Crippen LogP contribution in [-0.4, -0.2) is 69.8 Å². The Balaban J connectivity index is 1.74. The molecule has 0 saturated carbocycles. The van der Waals surface area contributed by atoms with Crippen LogP contribution < -0.4 is 16.1 Å². The molecule has 0 spiro atoms. The number of carbonyl (C=O) groups excluding carboxylic acids is 1. The van der Waals surface area contributed by atoms with Crippen molar-refractivity contribution in [3.05, 3.63) is 54.6 Å². The van der Waals surface area contributed by atoms with E-state index < -0.39 is 11.2 Å². The van der Waals surface area contributed by atoms with Crippen LogP contribution in [0.5, 0.6) is 0 Å². The molecule has 0 bridgehead atoms. The van der Waals surface area contributed by atoms with Crippen LogP contribution in [0.15, 0.2) is 27.8 Å². The first kappa shape index (κ1) is 22.4. The summed E-state index contributed by atoms with van der Waals surface area (Å²) in [7, 11) is 2.93. The number of anilines is 1. The number of hydrogen-bond donors (Lipinski definition) is 1. The first-order valence-corrected chi connectivity index (χ1v) is 10.7. The van der Waals surface area contributed by atoms with Crippen LogP contribution >= 0.6 is 23.2 Å². The van der Waals surface area contributed by atoms with E-state index in [2.05, 4.69) is 9.97 Å². The van der Waals surface area contributed by atoms with E-state index in [-0.39, 0.29) is 12.5 Å². The van der Waals surface area contributed by atoms with Crippen molar-refractivity contribution in [2.24, 2.45) is 7.05 Å². The van der Waals surface area contributed by atoms with Crippen molar-refractivity contribution in [2.75, 3.05) is 44.7 Å². The van der Waals surface area contributed by atoms with Gasteiger partial charge in [0.1, 0.15) is 0 Å². The number of fused-ring (bicyclic) bond motifs is 1. The number of H-pyrrole nitrogens is 1. The monoisotopic (exact) mass is 480 g/mol. The molecule has 0 atom stereocenters. The molecule has 0 amide bonds. The van der Waals surface area contributed by atoms with Gasteiger partial charge in [0.15, 0.2) is 11.2 Å². The molecule has 1 N–H and O–H groups in total. The van der Waals surface area contributed by atoms with Crippen molar-refractivity contribution < 1.29 is 9.53 Å². The minimum atomic E-state index is -0.531. The predicted octanol–water partition coefficient (Wildman–Crippen LogP) is 1.07. The summed E-state index contributed by atoms with van der Waals surface area (Å²) in [5.41, 5.74) is 0.385. The normalized spacial score (nSPS) is 14.8. The molecule has 3 aromatic rings. The number of nitrogens with zero attached hydrogens (tertiary/aromatic N) is 5. The Labute approximate surface area is 192 Å². The SMILES string of the molecule is COC(=O)CN1CCN(c2nc3c(c(=O)[nH]c(=O)n3C)n2Cc2ccc(Cl)c(Cl)c2)CC1. The number of methoxy groups -OCH3 is 1. The molecule has 1 aromatic carbocycles. The minimum absolute atomic E-state index is 0.220. The van der Waals surface area contributed by atoms with Crippen LogP contribution in [0.3, 0.4) is 0 Å². The van der Waals surface area contributed by atoms with Gasteiger partial charge < -0.3 is 9.64 Å². The number of aryl methyl sites for hydroxylation is 1. The molecule has 3 heterocycles. The van der Waals surface area contributed by atoms with Gasteiger partial charge in [-0.25, -0.2) is 4.79 Å². The highest BCUT2D eigenvalue weighted by molar-refractivity contribution is 6.42. The van der Waals surface area contributed by atoms with Crippen molar-refractivity contribution >= 4 is 46.3 Å². The number of carbonyl (C=O) groups is 1. The summed E-state index contributed by atoms with van der Waals surface area (Å²) in [6.45, 7) is 2.96. The quantitative estimate of drug-likeness (QED) is 0.544.